The monoisotopic (exact) mass is 277 g/mol. The summed E-state index contributed by atoms with van der Waals surface area (Å²) >= 11 is 0. The van der Waals surface area contributed by atoms with Crippen molar-refractivity contribution in [3.63, 3.8) is 0 Å². The van der Waals surface area contributed by atoms with Gasteiger partial charge < -0.3 is 14.4 Å². The lowest BCUT2D eigenvalue weighted by Gasteiger charge is -2.19. The quantitative estimate of drug-likeness (QED) is 0.828. The molecule has 19 heavy (non-hydrogen) atoms. The Labute approximate surface area is 108 Å². The lowest BCUT2D eigenvalue weighted by atomic mass is 10.2. The highest BCUT2D eigenvalue weighted by Crippen LogP contribution is 2.26. The predicted octanol–water partition coefficient (Wildman–Crippen LogP) is 2.19. The molecule has 0 spiro atoms. The fraction of sp³-hybridized carbons (Fsp3) is 0.417. The number of amides is 1. The van der Waals surface area contributed by atoms with Gasteiger partial charge in [-0.2, -0.15) is 0 Å². The summed E-state index contributed by atoms with van der Waals surface area (Å²) in [4.78, 5) is 12.7. The second-order valence-corrected chi connectivity index (χ2v) is 3.84. The lowest BCUT2D eigenvalue weighted by Crippen LogP contribution is -2.30. The fourth-order valence-corrected chi connectivity index (χ4v) is 1.44. The van der Waals surface area contributed by atoms with Crippen LogP contribution in [-0.2, 0) is 16.1 Å². The van der Waals surface area contributed by atoms with Crippen LogP contribution in [0.3, 0.4) is 0 Å². The highest BCUT2D eigenvalue weighted by atomic mass is 19.4. The molecule has 0 unspecified atom stereocenters. The number of alkyl halides is 3. The number of hydrogen-bond acceptors (Lipinski definition) is 3. The van der Waals surface area contributed by atoms with Gasteiger partial charge in [0.1, 0.15) is 12.4 Å². The molecule has 0 N–H and O–H groups in total. The van der Waals surface area contributed by atoms with E-state index in [1.807, 2.05) is 0 Å². The first-order valence-corrected chi connectivity index (χ1v) is 5.40. The fourth-order valence-electron chi connectivity index (χ4n) is 1.44. The predicted molar refractivity (Wildman–Crippen MR) is 61.5 cm³/mol. The van der Waals surface area contributed by atoms with Gasteiger partial charge in [0.25, 0.3) is 0 Å². The molecule has 1 rings (SSSR count). The summed E-state index contributed by atoms with van der Waals surface area (Å²) in [5, 5.41) is 0. The Morgan fingerprint density at radius 3 is 2.53 bits per heavy atom. The zero-order chi connectivity index (χ0) is 14.5. The van der Waals surface area contributed by atoms with Crippen molar-refractivity contribution >= 4 is 5.91 Å². The van der Waals surface area contributed by atoms with E-state index in [9.17, 15) is 18.0 Å². The van der Waals surface area contributed by atoms with E-state index in [-0.39, 0.29) is 30.4 Å². The molecule has 1 aromatic carbocycles. The molecule has 0 radical (unpaired) electrons. The minimum absolute atomic E-state index is 0.00838. The van der Waals surface area contributed by atoms with Crippen molar-refractivity contribution in [2.45, 2.75) is 12.9 Å². The first-order chi connectivity index (χ1) is 8.83. The van der Waals surface area contributed by atoms with E-state index in [0.717, 1.165) is 0 Å². The lowest BCUT2D eigenvalue weighted by molar-refractivity contribution is -0.275. The summed E-state index contributed by atoms with van der Waals surface area (Å²) in [5.41, 5.74) is 0.270. The number of hydrogen-bond donors (Lipinski definition) is 0. The van der Waals surface area contributed by atoms with Gasteiger partial charge in [0, 0.05) is 26.3 Å². The highest BCUT2D eigenvalue weighted by Gasteiger charge is 2.32. The van der Waals surface area contributed by atoms with Crippen molar-refractivity contribution in [1.82, 2.24) is 4.90 Å². The number of rotatable bonds is 5. The minimum Gasteiger partial charge on any atom is -0.405 e. The van der Waals surface area contributed by atoms with Crippen LogP contribution in [0.4, 0.5) is 13.2 Å². The molecule has 0 bridgehead atoms. The molecule has 0 atom stereocenters. The van der Waals surface area contributed by atoms with E-state index in [1.165, 1.54) is 37.3 Å². The Hall–Kier alpha value is -1.76. The summed E-state index contributed by atoms with van der Waals surface area (Å²) in [6.07, 6.45) is -4.76. The minimum atomic E-state index is -4.76. The molecule has 0 aromatic heterocycles. The SMILES string of the molecule is COCC(=O)N(C)Cc1ccccc1OC(F)(F)F. The topological polar surface area (TPSA) is 38.8 Å². The molecule has 7 heteroatoms. The van der Waals surface area contributed by atoms with Crippen LogP contribution in [0.2, 0.25) is 0 Å². The van der Waals surface area contributed by atoms with Crippen LogP contribution in [-0.4, -0.2) is 37.9 Å². The number of halogens is 3. The molecule has 0 saturated carbocycles. The Morgan fingerprint density at radius 2 is 1.95 bits per heavy atom. The van der Waals surface area contributed by atoms with Crippen molar-refractivity contribution in [2.75, 3.05) is 20.8 Å². The summed E-state index contributed by atoms with van der Waals surface area (Å²) in [5.74, 6) is -0.642. The van der Waals surface area contributed by atoms with Gasteiger partial charge in [0.05, 0.1) is 0 Å². The molecule has 0 aliphatic rings. The Bertz CT molecular complexity index is 434. The second kappa shape index (κ2) is 6.42. The van der Waals surface area contributed by atoms with Crippen LogP contribution in [0.25, 0.3) is 0 Å². The molecule has 0 fully saturated rings. The van der Waals surface area contributed by atoms with E-state index < -0.39 is 6.36 Å². The third-order valence-corrected chi connectivity index (χ3v) is 2.30. The van der Waals surface area contributed by atoms with Crippen LogP contribution in [0.1, 0.15) is 5.56 Å². The largest absolute Gasteiger partial charge is 0.573 e. The van der Waals surface area contributed by atoms with E-state index in [1.54, 1.807) is 6.07 Å². The molecule has 1 amide bonds. The Balaban J connectivity index is 2.80. The van der Waals surface area contributed by atoms with Crippen LogP contribution in [0.5, 0.6) is 5.75 Å². The molecule has 106 valence electrons. The van der Waals surface area contributed by atoms with Crippen molar-refractivity contribution in [2.24, 2.45) is 0 Å². The smallest absolute Gasteiger partial charge is 0.405 e. The van der Waals surface area contributed by atoms with Crippen molar-refractivity contribution in [3.05, 3.63) is 29.8 Å². The molecule has 0 aliphatic carbocycles. The number of carbonyl (C=O) groups is 1. The van der Waals surface area contributed by atoms with E-state index in [0.29, 0.717) is 0 Å². The van der Waals surface area contributed by atoms with Crippen molar-refractivity contribution < 1.29 is 27.4 Å². The molecule has 0 aliphatic heterocycles. The maximum Gasteiger partial charge on any atom is 0.573 e. The normalized spacial score (nSPS) is 11.2. The van der Waals surface area contributed by atoms with Crippen LogP contribution >= 0.6 is 0 Å². The standard InChI is InChI=1S/C12H14F3NO3/c1-16(11(17)8-18-2)7-9-5-3-4-6-10(9)19-12(13,14)15/h3-6H,7-8H2,1-2H3. The summed E-state index contributed by atoms with van der Waals surface area (Å²) in [7, 11) is 2.85. The Kier molecular flexibility index (Phi) is 5.17. The third-order valence-electron chi connectivity index (χ3n) is 2.30. The molecule has 1 aromatic rings. The highest BCUT2D eigenvalue weighted by molar-refractivity contribution is 5.77. The van der Waals surface area contributed by atoms with Gasteiger partial charge >= 0.3 is 6.36 Å². The maximum atomic E-state index is 12.2. The van der Waals surface area contributed by atoms with E-state index in [4.69, 9.17) is 0 Å². The average Bonchev–Trinajstić information content (AvgIpc) is 2.30. The number of ether oxygens (including phenoxy) is 2. The molecule has 4 nitrogen and oxygen atoms in total. The van der Waals surface area contributed by atoms with E-state index in [2.05, 4.69) is 9.47 Å². The summed E-state index contributed by atoms with van der Waals surface area (Å²) in [6, 6.07) is 5.68. The number of carbonyl (C=O) groups excluding carboxylic acids is 1. The van der Waals surface area contributed by atoms with Gasteiger partial charge in [0.2, 0.25) is 5.91 Å². The summed E-state index contributed by atoms with van der Waals surface area (Å²) in [6.45, 7) is -0.118. The van der Waals surface area contributed by atoms with E-state index >= 15 is 0 Å². The van der Waals surface area contributed by atoms with Gasteiger partial charge in [0.15, 0.2) is 0 Å². The van der Waals surface area contributed by atoms with Crippen molar-refractivity contribution in [1.29, 1.82) is 0 Å². The van der Waals surface area contributed by atoms with Gasteiger partial charge in [-0.25, -0.2) is 0 Å². The number of methoxy groups -OCH3 is 1. The first-order valence-electron chi connectivity index (χ1n) is 5.40. The third kappa shape index (κ3) is 5.17. The van der Waals surface area contributed by atoms with Gasteiger partial charge in [-0.05, 0) is 6.07 Å². The molecule has 0 saturated heterocycles. The average molecular weight is 277 g/mol. The first kappa shape index (κ1) is 15.3. The zero-order valence-electron chi connectivity index (χ0n) is 10.5. The number of likely N-dealkylation sites (N-methyl/N-ethyl adjacent to an activating group) is 1. The number of para-hydroxylation sites is 1. The number of benzene rings is 1. The van der Waals surface area contributed by atoms with Gasteiger partial charge in [-0.15, -0.1) is 13.2 Å². The van der Waals surface area contributed by atoms with Crippen LogP contribution in [0, 0.1) is 0 Å². The van der Waals surface area contributed by atoms with Crippen LogP contribution in [0.15, 0.2) is 24.3 Å². The van der Waals surface area contributed by atoms with Gasteiger partial charge in [-0.1, -0.05) is 18.2 Å². The molecular weight excluding hydrogens is 263 g/mol. The van der Waals surface area contributed by atoms with Crippen molar-refractivity contribution in [3.8, 4) is 5.75 Å². The summed E-state index contributed by atoms with van der Waals surface area (Å²) < 4.78 is 45.2. The second-order valence-electron chi connectivity index (χ2n) is 3.84. The van der Waals surface area contributed by atoms with Gasteiger partial charge in [-0.3, -0.25) is 4.79 Å². The zero-order valence-corrected chi connectivity index (χ0v) is 10.5. The molecule has 0 heterocycles. The Morgan fingerprint density at radius 1 is 1.32 bits per heavy atom. The molecular formula is C12H14F3NO3. The number of nitrogens with zero attached hydrogens (tertiary/aromatic N) is 1. The van der Waals surface area contributed by atoms with Crippen LogP contribution < -0.4 is 4.74 Å². The maximum absolute atomic E-state index is 12.2.